The van der Waals surface area contributed by atoms with Crippen molar-refractivity contribution < 1.29 is 14.3 Å². The summed E-state index contributed by atoms with van der Waals surface area (Å²) in [6, 6.07) is 14.4. The van der Waals surface area contributed by atoms with Gasteiger partial charge in [-0.2, -0.15) is 5.10 Å². The van der Waals surface area contributed by atoms with Crippen LogP contribution in [0.2, 0.25) is 10.0 Å². The van der Waals surface area contributed by atoms with E-state index < -0.39 is 17.9 Å². The zero-order chi connectivity index (χ0) is 19.4. The van der Waals surface area contributed by atoms with Gasteiger partial charge in [-0.25, -0.2) is 9.48 Å². The normalized spacial score (nSPS) is 11.7. The first-order valence-corrected chi connectivity index (χ1v) is 8.70. The fourth-order valence-corrected chi connectivity index (χ4v) is 2.76. The molecule has 0 spiro atoms. The van der Waals surface area contributed by atoms with Gasteiger partial charge in [-0.15, -0.1) is 0 Å². The van der Waals surface area contributed by atoms with Crippen LogP contribution in [0.3, 0.4) is 0 Å². The van der Waals surface area contributed by atoms with E-state index in [2.05, 4.69) is 10.4 Å². The molecular formula is C19H15Cl2N3O3. The first-order valence-electron chi connectivity index (χ1n) is 7.94. The lowest BCUT2D eigenvalue weighted by Gasteiger charge is -2.16. The van der Waals surface area contributed by atoms with Gasteiger partial charge in [0.15, 0.2) is 11.7 Å². The van der Waals surface area contributed by atoms with Gasteiger partial charge in [-0.1, -0.05) is 53.5 Å². The van der Waals surface area contributed by atoms with Gasteiger partial charge in [0.2, 0.25) is 0 Å². The highest BCUT2D eigenvalue weighted by Gasteiger charge is 2.25. The van der Waals surface area contributed by atoms with Crippen molar-refractivity contribution in [3.05, 3.63) is 82.1 Å². The Morgan fingerprint density at radius 2 is 1.81 bits per heavy atom. The van der Waals surface area contributed by atoms with Gasteiger partial charge in [-0.05, 0) is 29.8 Å². The molecule has 0 saturated heterocycles. The lowest BCUT2D eigenvalue weighted by Crippen LogP contribution is -2.34. The summed E-state index contributed by atoms with van der Waals surface area (Å²) in [5.74, 6) is -1.08. The minimum atomic E-state index is -0.932. The SMILES string of the molecule is COC(=O)C(NC(=O)c1ccn(-c2ccc(Cl)c(Cl)c2)n1)c1ccccc1. The maximum absolute atomic E-state index is 12.6. The zero-order valence-corrected chi connectivity index (χ0v) is 15.7. The molecule has 1 N–H and O–H groups in total. The number of aromatic nitrogens is 2. The van der Waals surface area contributed by atoms with Crippen LogP contribution in [-0.2, 0) is 9.53 Å². The number of esters is 1. The minimum absolute atomic E-state index is 0.144. The summed E-state index contributed by atoms with van der Waals surface area (Å²) in [6.45, 7) is 0. The first kappa shape index (κ1) is 18.9. The standard InChI is InChI=1S/C19H15Cl2N3O3/c1-27-19(26)17(12-5-3-2-4-6-12)22-18(25)16-9-10-24(23-16)13-7-8-14(20)15(21)11-13/h2-11,17H,1H3,(H,22,25). The molecule has 8 heteroatoms. The maximum atomic E-state index is 12.6. The van der Waals surface area contributed by atoms with Crippen LogP contribution in [0.15, 0.2) is 60.8 Å². The second-order valence-electron chi connectivity index (χ2n) is 5.58. The van der Waals surface area contributed by atoms with Gasteiger partial charge in [-0.3, -0.25) is 4.79 Å². The molecule has 0 fully saturated rings. The van der Waals surface area contributed by atoms with Crippen LogP contribution in [0.4, 0.5) is 0 Å². The molecule has 0 saturated carbocycles. The van der Waals surface area contributed by atoms with Crippen LogP contribution in [0.5, 0.6) is 0 Å². The molecule has 3 aromatic rings. The fraction of sp³-hybridized carbons (Fsp3) is 0.105. The third kappa shape index (κ3) is 4.30. The number of rotatable bonds is 5. The third-order valence-corrected chi connectivity index (χ3v) is 4.57. The number of nitrogens with one attached hydrogen (secondary N) is 1. The molecular weight excluding hydrogens is 389 g/mol. The van der Waals surface area contributed by atoms with Crippen LogP contribution in [-0.4, -0.2) is 28.8 Å². The Morgan fingerprint density at radius 1 is 1.07 bits per heavy atom. The average Bonchev–Trinajstić information content (AvgIpc) is 3.18. The molecule has 27 heavy (non-hydrogen) atoms. The molecule has 1 unspecified atom stereocenters. The molecule has 1 atom stereocenters. The quantitative estimate of drug-likeness (QED) is 0.657. The Kier molecular flexibility index (Phi) is 5.78. The molecule has 0 aliphatic rings. The molecule has 0 aliphatic carbocycles. The molecule has 1 heterocycles. The number of halogens is 2. The Bertz CT molecular complexity index is 973. The van der Waals surface area contributed by atoms with Crippen molar-refractivity contribution >= 4 is 35.1 Å². The Morgan fingerprint density at radius 3 is 2.48 bits per heavy atom. The predicted molar refractivity (Wildman–Crippen MR) is 102 cm³/mol. The summed E-state index contributed by atoms with van der Waals surface area (Å²) in [4.78, 5) is 24.7. The van der Waals surface area contributed by atoms with Crippen LogP contribution in [0.25, 0.3) is 5.69 Å². The molecule has 0 bridgehead atoms. The molecule has 1 amide bonds. The van der Waals surface area contributed by atoms with Crippen molar-refractivity contribution in [2.45, 2.75) is 6.04 Å². The third-order valence-electron chi connectivity index (χ3n) is 3.83. The topological polar surface area (TPSA) is 73.2 Å². The highest BCUT2D eigenvalue weighted by atomic mass is 35.5. The number of hydrogen-bond donors (Lipinski definition) is 1. The second-order valence-corrected chi connectivity index (χ2v) is 6.40. The summed E-state index contributed by atoms with van der Waals surface area (Å²) >= 11 is 11.9. The number of carbonyl (C=O) groups is 2. The zero-order valence-electron chi connectivity index (χ0n) is 14.2. The van der Waals surface area contributed by atoms with E-state index in [4.69, 9.17) is 27.9 Å². The van der Waals surface area contributed by atoms with Crippen molar-refractivity contribution in [1.82, 2.24) is 15.1 Å². The highest BCUT2D eigenvalue weighted by Crippen LogP contribution is 2.24. The van der Waals surface area contributed by atoms with E-state index in [0.717, 1.165) is 0 Å². The van der Waals surface area contributed by atoms with Crippen molar-refractivity contribution in [3.8, 4) is 5.69 Å². The Balaban J connectivity index is 1.82. The van der Waals surface area contributed by atoms with Gasteiger partial charge in [0.1, 0.15) is 0 Å². The van der Waals surface area contributed by atoms with Gasteiger partial charge in [0.25, 0.3) is 5.91 Å². The van der Waals surface area contributed by atoms with Gasteiger partial charge in [0.05, 0.1) is 22.8 Å². The van der Waals surface area contributed by atoms with E-state index >= 15 is 0 Å². The number of ether oxygens (including phenoxy) is 1. The molecule has 6 nitrogen and oxygen atoms in total. The minimum Gasteiger partial charge on any atom is -0.467 e. The number of benzene rings is 2. The summed E-state index contributed by atoms with van der Waals surface area (Å²) in [5.41, 5.74) is 1.41. The van der Waals surface area contributed by atoms with Crippen LogP contribution >= 0.6 is 23.2 Å². The van der Waals surface area contributed by atoms with Gasteiger partial charge in [0, 0.05) is 6.20 Å². The first-order chi connectivity index (χ1) is 13.0. The summed E-state index contributed by atoms with van der Waals surface area (Å²) in [5, 5.41) is 7.69. The smallest absolute Gasteiger partial charge is 0.333 e. The van der Waals surface area contributed by atoms with E-state index in [-0.39, 0.29) is 5.69 Å². The summed E-state index contributed by atoms with van der Waals surface area (Å²) < 4.78 is 6.29. The molecule has 0 radical (unpaired) electrons. The molecule has 2 aromatic carbocycles. The predicted octanol–water partition coefficient (Wildman–Crippen LogP) is 3.82. The van der Waals surface area contributed by atoms with Crippen molar-refractivity contribution in [2.75, 3.05) is 7.11 Å². The van der Waals surface area contributed by atoms with Crippen LogP contribution in [0.1, 0.15) is 22.1 Å². The Labute approximate surface area is 165 Å². The van der Waals surface area contributed by atoms with E-state index in [9.17, 15) is 9.59 Å². The number of nitrogens with zero attached hydrogens (tertiary/aromatic N) is 2. The number of hydrogen-bond acceptors (Lipinski definition) is 4. The number of carbonyl (C=O) groups excluding carboxylic acids is 2. The van der Waals surface area contributed by atoms with Gasteiger partial charge >= 0.3 is 5.97 Å². The van der Waals surface area contributed by atoms with E-state index in [1.165, 1.54) is 17.9 Å². The second kappa shape index (κ2) is 8.24. The lowest BCUT2D eigenvalue weighted by atomic mass is 10.1. The monoisotopic (exact) mass is 403 g/mol. The van der Waals surface area contributed by atoms with Crippen LogP contribution in [0, 0.1) is 0 Å². The molecule has 138 valence electrons. The van der Waals surface area contributed by atoms with Crippen molar-refractivity contribution in [2.24, 2.45) is 0 Å². The highest BCUT2D eigenvalue weighted by molar-refractivity contribution is 6.42. The molecule has 3 rings (SSSR count). The van der Waals surface area contributed by atoms with E-state index in [1.54, 1.807) is 48.7 Å². The lowest BCUT2D eigenvalue weighted by molar-refractivity contribution is -0.143. The fourth-order valence-electron chi connectivity index (χ4n) is 2.46. The maximum Gasteiger partial charge on any atom is 0.333 e. The summed E-state index contributed by atoms with van der Waals surface area (Å²) in [6.07, 6.45) is 1.62. The average molecular weight is 404 g/mol. The van der Waals surface area contributed by atoms with Crippen LogP contribution < -0.4 is 5.32 Å². The number of amides is 1. The Hall–Kier alpha value is -2.83. The van der Waals surface area contributed by atoms with E-state index in [1.807, 2.05) is 6.07 Å². The van der Waals surface area contributed by atoms with Crippen molar-refractivity contribution in [3.63, 3.8) is 0 Å². The van der Waals surface area contributed by atoms with Crippen molar-refractivity contribution in [1.29, 1.82) is 0 Å². The number of methoxy groups -OCH3 is 1. The van der Waals surface area contributed by atoms with Gasteiger partial charge < -0.3 is 10.1 Å². The molecule has 1 aromatic heterocycles. The largest absolute Gasteiger partial charge is 0.467 e. The van der Waals surface area contributed by atoms with E-state index in [0.29, 0.717) is 21.3 Å². The molecule has 0 aliphatic heterocycles. The summed E-state index contributed by atoms with van der Waals surface area (Å²) in [7, 11) is 1.27.